The van der Waals surface area contributed by atoms with Gasteiger partial charge in [-0.25, -0.2) is 4.39 Å². The predicted octanol–water partition coefficient (Wildman–Crippen LogP) is 3.35. The third-order valence-corrected chi connectivity index (χ3v) is 4.72. The van der Waals surface area contributed by atoms with Crippen molar-refractivity contribution < 1.29 is 14.3 Å². The summed E-state index contributed by atoms with van der Waals surface area (Å²) in [5.41, 5.74) is 1.31. The summed E-state index contributed by atoms with van der Waals surface area (Å²) in [7, 11) is 0. The average Bonchev–Trinajstić information content (AvgIpc) is 2.87. The highest BCUT2D eigenvalue weighted by atomic mass is 32.1. The van der Waals surface area contributed by atoms with Gasteiger partial charge in [0.05, 0.1) is 11.6 Å². The van der Waals surface area contributed by atoms with Gasteiger partial charge in [0.15, 0.2) is 0 Å². The molecule has 0 spiro atoms. The molecule has 1 unspecified atom stereocenters. The van der Waals surface area contributed by atoms with Crippen LogP contribution in [-0.2, 0) is 6.42 Å². The predicted molar refractivity (Wildman–Crippen MR) is 75.5 cm³/mol. The number of carbonyl (C=O) groups is 1. The van der Waals surface area contributed by atoms with E-state index in [2.05, 4.69) is 0 Å². The Hall–Kier alpha value is -1.88. The molecule has 0 radical (unpaired) electrons. The molecule has 1 atom stereocenters. The van der Waals surface area contributed by atoms with Gasteiger partial charge in [0.2, 0.25) is 0 Å². The van der Waals surface area contributed by atoms with Gasteiger partial charge in [-0.15, -0.1) is 11.3 Å². The Labute approximate surface area is 120 Å². The van der Waals surface area contributed by atoms with Crippen LogP contribution in [0.25, 0.3) is 0 Å². The lowest BCUT2D eigenvalue weighted by molar-refractivity contribution is 0.0676. The Morgan fingerprint density at radius 3 is 3.00 bits per heavy atom. The van der Waals surface area contributed by atoms with Crippen LogP contribution in [0.4, 0.5) is 4.39 Å². The molecule has 1 aromatic heterocycles. The van der Waals surface area contributed by atoms with E-state index in [9.17, 15) is 14.3 Å². The summed E-state index contributed by atoms with van der Waals surface area (Å²) in [6.07, 6.45) is 0.824. The van der Waals surface area contributed by atoms with Crippen LogP contribution in [0, 0.1) is 5.82 Å². The molecule has 1 aliphatic rings. The lowest BCUT2D eigenvalue weighted by atomic mass is 10.00. The molecular formula is C15H14FNO2S. The van der Waals surface area contributed by atoms with Crippen molar-refractivity contribution in [1.82, 2.24) is 4.90 Å². The van der Waals surface area contributed by atoms with Gasteiger partial charge in [-0.05, 0) is 42.5 Å². The maximum absolute atomic E-state index is 13.0. The summed E-state index contributed by atoms with van der Waals surface area (Å²) in [4.78, 5) is 15.6. The minimum Gasteiger partial charge on any atom is -0.507 e. The molecule has 0 fully saturated rings. The number of halogens is 1. The zero-order valence-corrected chi connectivity index (χ0v) is 11.8. The van der Waals surface area contributed by atoms with Gasteiger partial charge < -0.3 is 10.0 Å². The molecule has 20 heavy (non-hydrogen) atoms. The highest BCUT2D eigenvalue weighted by Crippen LogP contribution is 2.34. The summed E-state index contributed by atoms with van der Waals surface area (Å²) in [6, 6.07) is 5.51. The van der Waals surface area contributed by atoms with Crippen molar-refractivity contribution >= 4 is 17.2 Å². The first-order chi connectivity index (χ1) is 9.58. The standard InChI is InChI=1S/C15H14FNO2S/c1-9-11-5-7-20-14(11)4-6-17(9)15(19)12-3-2-10(16)8-13(12)18/h2-3,5,7-9,18H,4,6H2,1H3. The number of benzene rings is 1. The van der Waals surface area contributed by atoms with Gasteiger partial charge in [-0.1, -0.05) is 0 Å². The van der Waals surface area contributed by atoms with Gasteiger partial charge in [-0.3, -0.25) is 4.79 Å². The van der Waals surface area contributed by atoms with Gasteiger partial charge in [-0.2, -0.15) is 0 Å². The number of thiophene rings is 1. The number of nitrogens with zero attached hydrogens (tertiary/aromatic N) is 1. The number of phenols is 1. The first-order valence-electron chi connectivity index (χ1n) is 6.43. The highest BCUT2D eigenvalue weighted by Gasteiger charge is 2.30. The third kappa shape index (κ3) is 2.08. The molecule has 1 amide bonds. The molecule has 5 heteroatoms. The molecule has 0 aliphatic carbocycles. The minimum atomic E-state index is -0.550. The van der Waals surface area contributed by atoms with E-state index >= 15 is 0 Å². The van der Waals surface area contributed by atoms with E-state index in [1.54, 1.807) is 16.2 Å². The smallest absolute Gasteiger partial charge is 0.258 e. The maximum atomic E-state index is 13.0. The fraction of sp³-hybridized carbons (Fsp3) is 0.267. The second-order valence-corrected chi connectivity index (χ2v) is 5.89. The molecule has 3 nitrogen and oxygen atoms in total. The Bertz CT molecular complexity index is 668. The van der Waals surface area contributed by atoms with Crippen molar-refractivity contribution in [3.8, 4) is 5.75 Å². The number of carbonyl (C=O) groups excluding carboxylic acids is 1. The fourth-order valence-corrected chi connectivity index (χ4v) is 3.59. The van der Waals surface area contributed by atoms with Crippen molar-refractivity contribution in [1.29, 1.82) is 0 Å². The van der Waals surface area contributed by atoms with Crippen LogP contribution < -0.4 is 0 Å². The Morgan fingerprint density at radius 2 is 2.25 bits per heavy atom. The molecule has 2 aromatic rings. The monoisotopic (exact) mass is 291 g/mol. The topological polar surface area (TPSA) is 40.5 Å². The summed E-state index contributed by atoms with van der Waals surface area (Å²) >= 11 is 1.71. The fourth-order valence-electron chi connectivity index (χ4n) is 2.63. The number of rotatable bonds is 1. The highest BCUT2D eigenvalue weighted by molar-refractivity contribution is 7.10. The molecule has 0 saturated carbocycles. The van der Waals surface area contributed by atoms with E-state index < -0.39 is 5.82 Å². The van der Waals surface area contributed by atoms with E-state index in [1.165, 1.54) is 17.0 Å². The van der Waals surface area contributed by atoms with Gasteiger partial charge >= 0.3 is 0 Å². The first-order valence-corrected chi connectivity index (χ1v) is 7.31. The lowest BCUT2D eigenvalue weighted by Crippen LogP contribution is -2.38. The van der Waals surface area contributed by atoms with Crippen molar-refractivity contribution in [2.24, 2.45) is 0 Å². The van der Waals surface area contributed by atoms with Crippen LogP contribution in [0.5, 0.6) is 5.75 Å². The van der Waals surface area contributed by atoms with Crippen molar-refractivity contribution in [3.63, 3.8) is 0 Å². The van der Waals surface area contributed by atoms with Crippen LogP contribution in [0.1, 0.15) is 33.8 Å². The van der Waals surface area contributed by atoms with Gasteiger partial charge in [0, 0.05) is 17.5 Å². The molecule has 0 saturated heterocycles. The minimum absolute atomic E-state index is 0.0260. The molecule has 104 valence electrons. The Morgan fingerprint density at radius 1 is 1.45 bits per heavy atom. The van der Waals surface area contributed by atoms with Crippen LogP contribution in [-0.4, -0.2) is 22.5 Å². The van der Waals surface area contributed by atoms with E-state index in [0.29, 0.717) is 6.54 Å². The van der Waals surface area contributed by atoms with Crippen LogP contribution in [0.15, 0.2) is 29.6 Å². The first kappa shape index (κ1) is 13.1. The van der Waals surface area contributed by atoms with Crippen LogP contribution in [0.2, 0.25) is 0 Å². The lowest BCUT2D eigenvalue weighted by Gasteiger charge is -2.33. The van der Waals surface area contributed by atoms with Gasteiger partial charge in [0.25, 0.3) is 5.91 Å². The zero-order valence-electron chi connectivity index (χ0n) is 11.0. The quantitative estimate of drug-likeness (QED) is 0.875. The van der Waals surface area contributed by atoms with Crippen LogP contribution >= 0.6 is 11.3 Å². The van der Waals surface area contributed by atoms with Gasteiger partial charge in [0.1, 0.15) is 11.6 Å². The average molecular weight is 291 g/mol. The van der Waals surface area contributed by atoms with Crippen LogP contribution in [0.3, 0.4) is 0 Å². The molecule has 0 bridgehead atoms. The van der Waals surface area contributed by atoms with Crippen molar-refractivity contribution in [2.45, 2.75) is 19.4 Å². The normalized spacial score (nSPS) is 17.9. The molecule has 1 N–H and O–H groups in total. The van der Waals surface area contributed by atoms with E-state index in [-0.39, 0.29) is 23.3 Å². The molecular weight excluding hydrogens is 277 g/mol. The molecule has 2 heterocycles. The number of phenolic OH excluding ortho intramolecular Hbond substituents is 1. The second kappa shape index (κ2) is 4.90. The molecule has 1 aromatic carbocycles. The summed E-state index contributed by atoms with van der Waals surface area (Å²) in [6.45, 7) is 2.59. The number of hydrogen-bond acceptors (Lipinski definition) is 3. The number of fused-ring (bicyclic) bond motifs is 1. The number of hydrogen-bond donors (Lipinski definition) is 1. The van der Waals surface area contributed by atoms with Crippen molar-refractivity contribution in [3.05, 3.63) is 51.5 Å². The third-order valence-electron chi connectivity index (χ3n) is 3.73. The Kier molecular flexibility index (Phi) is 3.22. The summed E-state index contributed by atoms with van der Waals surface area (Å²) in [5.74, 6) is -1.11. The summed E-state index contributed by atoms with van der Waals surface area (Å²) < 4.78 is 13.0. The number of amides is 1. The zero-order chi connectivity index (χ0) is 14.3. The second-order valence-electron chi connectivity index (χ2n) is 4.89. The van der Waals surface area contributed by atoms with E-state index in [1.807, 2.05) is 18.4 Å². The van der Waals surface area contributed by atoms with E-state index in [4.69, 9.17) is 0 Å². The Balaban J connectivity index is 1.92. The SMILES string of the molecule is CC1c2ccsc2CCN1C(=O)c1ccc(F)cc1O. The molecule has 1 aliphatic heterocycles. The summed E-state index contributed by atoms with van der Waals surface area (Å²) in [5, 5.41) is 11.8. The largest absolute Gasteiger partial charge is 0.507 e. The molecule has 3 rings (SSSR count). The van der Waals surface area contributed by atoms with Crippen molar-refractivity contribution in [2.75, 3.05) is 6.54 Å². The maximum Gasteiger partial charge on any atom is 0.258 e. The number of aromatic hydroxyl groups is 1. The van der Waals surface area contributed by atoms with E-state index in [0.717, 1.165) is 18.1 Å².